The third-order valence-corrected chi connectivity index (χ3v) is 3.90. The van der Waals surface area contributed by atoms with Crippen LogP contribution in [0.1, 0.15) is 31.2 Å². The Kier molecular flexibility index (Phi) is 4.26. The summed E-state index contributed by atoms with van der Waals surface area (Å²) in [6.45, 7) is 0. The van der Waals surface area contributed by atoms with Gasteiger partial charge in [-0.25, -0.2) is 0 Å². The van der Waals surface area contributed by atoms with Crippen molar-refractivity contribution in [2.24, 2.45) is 5.73 Å². The number of primary amides is 1. The molecular formula is C19H15N3O3. The van der Waals surface area contributed by atoms with Gasteiger partial charge in [0.15, 0.2) is 0 Å². The molecule has 0 saturated heterocycles. The molecule has 2 aromatic carbocycles. The molecular weight excluding hydrogens is 318 g/mol. The number of amides is 3. The molecule has 0 aliphatic carbocycles. The van der Waals surface area contributed by atoms with Crippen molar-refractivity contribution in [2.45, 2.75) is 0 Å². The quantitative estimate of drug-likeness (QED) is 0.691. The average Bonchev–Trinajstić information content (AvgIpc) is 2.86. The normalized spacial score (nSPS) is 12.6. The van der Waals surface area contributed by atoms with Crippen LogP contribution in [0.15, 0.2) is 60.8 Å². The second-order valence-corrected chi connectivity index (χ2v) is 5.46. The van der Waals surface area contributed by atoms with Crippen molar-refractivity contribution in [3.63, 3.8) is 0 Å². The van der Waals surface area contributed by atoms with Gasteiger partial charge in [0, 0.05) is 18.6 Å². The zero-order valence-electron chi connectivity index (χ0n) is 13.5. The number of imide groups is 1. The molecule has 6 heteroatoms. The van der Waals surface area contributed by atoms with Crippen LogP contribution in [0.4, 0.5) is 0 Å². The molecule has 0 spiro atoms. The summed E-state index contributed by atoms with van der Waals surface area (Å²) in [5.74, 6) is -0.914. The average molecular weight is 333 g/mol. The molecule has 0 radical (unpaired) electrons. The maximum absolute atomic E-state index is 11.3. The maximum Gasteiger partial charge on any atom is 0.267 e. The van der Waals surface area contributed by atoms with Crippen LogP contribution in [-0.2, 0) is 0 Å². The van der Waals surface area contributed by atoms with Crippen LogP contribution in [0.3, 0.4) is 0 Å². The highest BCUT2D eigenvalue weighted by Gasteiger charge is 2.31. The summed E-state index contributed by atoms with van der Waals surface area (Å²) in [6.07, 6.45) is 1.59. The lowest BCUT2D eigenvalue weighted by molar-refractivity contribution is 0.0692. The molecule has 1 aliphatic heterocycles. The van der Waals surface area contributed by atoms with Gasteiger partial charge in [0.05, 0.1) is 11.1 Å². The van der Waals surface area contributed by atoms with E-state index in [2.05, 4.69) is 4.98 Å². The van der Waals surface area contributed by atoms with E-state index in [-0.39, 0.29) is 11.8 Å². The van der Waals surface area contributed by atoms with Gasteiger partial charge in [-0.1, -0.05) is 36.4 Å². The minimum atomic E-state index is -0.489. The van der Waals surface area contributed by atoms with E-state index >= 15 is 0 Å². The lowest BCUT2D eigenvalue weighted by Crippen LogP contribution is -2.24. The topological polar surface area (TPSA) is 93.4 Å². The van der Waals surface area contributed by atoms with Gasteiger partial charge < -0.3 is 5.73 Å². The molecule has 25 heavy (non-hydrogen) atoms. The first-order chi connectivity index (χ1) is 12.0. The molecule has 0 saturated carbocycles. The van der Waals surface area contributed by atoms with Gasteiger partial charge in [-0.3, -0.25) is 24.3 Å². The molecule has 2 heterocycles. The number of nitrogens with two attached hydrogens (primary N) is 1. The first-order valence-corrected chi connectivity index (χ1v) is 7.55. The van der Waals surface area contributed by atoms with Gasteiger partial charge in [-0.2, -0.15) is 0 Å². The fourth-order valence-electron chi connectivity index (χ4n) is 2.63. The van der Waals surface area contributed by atoms with E-state index in [0.29, 0.717) is 16.8 Å². The van der Waals surface area contributed by atoms with Crippen molar-refractivity contribution in [1.29, 1.82) is 0 Å². The molecule has 6 nitrogen and oxygen atoms in total. The number of aromatic nitrogens is 1. The SMILES string of the molecule is CN1C(=O)c2ccccc2C1=O.NC(=O)c1nccc2ccccc12. The number of hydrogen-bond donors (Lipinski definition) is 1. The van der Waals surface area contributed by atoms with Gasteiger partial charge in [-0.05, 0) is 23.6 Å². The summed E-state index contributed by atoms with van der Waals surface area (Å²) in [7, 11) is 1.49. The zero-order valence-corrected chi connectivity index (χ0v) is 13.5. The zero-order chi connectivity index (χ0) is 18.0. The van der Waals surface area contributed by atoms with E-state index < -0.39 is 5.91 Å². The first-order valence-electron chi connectivity index (χ1n) is 7.55. The van der Waals surface area contributed by atoms with Crippen LogP contribution in [0, 0.1) is 0 Å². The van der Waals surface area contributed by atoms with Gasteiger partial charge in [0.1, 0.15) is 5.69 Å². The van der Waals surface area contributed by atoms with Crippen molar-refractivity contribution < 1.29 is 14.4 Å². The summed E-state index contributed by atoms with van der Waals surface area (Å²) in [5, 5.41) is 1.78. The molecule has 0 unspecified atom stereocenters. The number of hydrogen-bond acceptors (Lipinski definition) is 4. The summed E-state index contributed by atoms with van der Waals surface area (Å²) in [5.41, 5.74) is 6.52. The number of pyridine rings is 1. The molecule has 0 bridgehead atoms. The van der Waals surface area contributed by atoms with Gasteiger partial charge in [0.2, 0.25) is 0 Å². The Morgan fingerprint density at radius 2 is 1.48 bits per heavy atom. The van der Waals surface area contributed by atoms with E-state index in [9.17, 15) is 14.4 Å². The second-order valence-electron chi connectivity index (χ2n) is 5.46. The Balaban J connectivity index is 0.000000146. The van der Waals surface area contributed by atoms with Crippen molar-refractivity contribution in [1.82, 2.24) is 9.88 Å². The van der Waals surface area contributed by atoms with Crippen LogP contribution >= 0.6 is 0 Å². The largest absolute Gasteiger partial charge is 0.364 e. The number of rotatable bonds is 1. The Bertz CT molecular complexity index is 958. The number of nitrogens with zero attached hydrogens (tertiary/aromatic N) is 2. The van der Waals surface area contributed by atoms with Crippen LogP contribution < -0.4 is 5.73 Å². The van der Waals surface area contributed by atoms with Crippen molar-refractivity contribution in [2.75, 3.05) is 7.05 Å². The standard InChI is InChI=1S/C10H8N2O.C9H7NO2/c11-10(13)9-8-4-2-1-3-7(8)5-6-12-9;1-10-8(11)6-4-2-3-5-7(6)9(10)12/h1-6H,(H2,11,13);2-5H,1H3. The summed E-state index contributed by atoms with van der Waals surface area (Å²) in [4.78, 5) is 38.7. The summed E-state index contributed by atoms with van der Waals surface area (Å²) >= 11 is 0. The lowest BCUT2D eigenvalue weighted by Gasteiger charge is -2.02. The molecule has 3 amide bonds. The van der Waals surface area contributed by atoms with E-state index in [1.54, 1.807) is 30.5 Å². The molecule has 1 aliphatic rings. The monoisotopic (exact) mass is 333 g/mol. The summed E-state index contributed by atoms with van der Waals surface area (Å²) in [6, 6.07) is 16.2. The predicted octanol–water partition coefficient (Wildman–Crippen LogP) is 2.25. The fraction of sp³-hybridized carbons (Fsp3) is 0.0526. The number of fused-ring (bicyclic) bond motifs is 2. The van der Waals surface area contributed by atoms with E-state index in [1.165, 1.54) is 7.05 Å². The maximum atomic E-state index is 11.3. The lowest BCUT2D eigenvalue weighted by atomic mass is 10.1. The second kappa shape index (κ2) is 6.52. The molecule has 0 atom stereocenters. The Labute approximate surface area is 143 Å². The van der Waals surface area contributed by atoms with Crippen LogP contribution in [0.5, 0.6) is 0 Å². The molecule has 1 aromatic heterocycles. The third-order valence-electron chi connectivity index (χ3n) is 3.90. The van der Waals surface area contributed by atoms with Gasteiger partial charge in [0.25, 0.3) is 17.7 Å². The molecule has 3 aromatic rings. The van der Waals surface area contributed by atoms with Crippen LogP contribution in [0.2, 0.25) is 0 Å². The number of carbonyl (C=O) groups excluding carboxylic acids is 3. The Hall–Kier alpha value is -3.54. The van der Waals surface area contributed by atoms with Crippen molar-refractivity contribution in [3.8, 4) is 0 Å². The third kappa shape index (κ3) is 2.97. The molecule has 124 valence electrons. The Morgan fingerprint density at radius 1 is 0.920 bits per heavy atom. The number of carbonyl (C=O) groups is 3. The molecule has 2 N–H and O–H groups in total. The molecule has 0 fully saturated rings. The first kappa shape index (κ1) is 16.3. The van der Waals surface area contributed by atoms with Gasteiger partial charge in [-0.15, -0.1) is 0 Å². The summed E-state index contributed by atoms with van der Waals surface area (Å²) < 4.78 is 0. The fourth-order valence-corrected chi connectivity index (χ4v) is 2.63. The highest BCUT2D eigenvalue weighted by atomic mass is 16.2. The smallest absolute Gasteiger partial charge is 0.267 e. The predicted molar refractivity (Wildman–Crippen MR) is 93.1 cm³/mol. The highest BCUT2D eigenvalue weighted by molar-refractivity contribution is 6.21. The van der Waals surface area contributed by atoms with Crippen molar-refractivity contribution in [3.05, 3.63) is 77.6 Å². The number of benzene rings is 2. The van der Waals surface area contributed by atoms with E-state index in [4.69, 9.17) is 5.73 Å². The van der Waals surface area contributed by atoms with Crippen LogP contribution in [0.25, 0.3) is 10.8 Å². The minimum Gasteiger partial charge on any atom is -0.364 e. The Morgan fingerprint density at radius 3 is 2.08 bits per heavy atom. The van der Waals surface area contributed by atoms with Crippen molar-refractivity contribution >= 4 is 28.5 Å². The van der Waals surface area contributed by atoms with E-state index in [0.717, 1.165) is 15.7 Å². The molecule has 4 rings (SSSR count). The van der Waals surface area contributed by atoms with Crippen LogP contribution in [-0.4, -0.2) is 34.7 Å². The van der Waals surface area contributed by atoms with E-state index in [1.807, 2.05) is 30.3 Å². The van der Waals surface area contributed by atoms with Gasteiger partial charge >= 0.3 is 0 Å². The minimum absolute atomic E-state index is 0.212. The highest BCUT2D eigenvalue weighted by Crippen LogP contribution is 2.20.